The molecule has 0 saturated heterocycles. The van der Waals surface area contributed by atoms with Gasteiger partial charge in [-0.3, -0.25) is 4.79 Å². The van der Waals surface area contributed by atoms with E-state index >= 15 is 0 Å². The minimum atomic E-state index is -0.335. The van der Waals surface area contributed by atoms with Crippen LogP contribution in [0, 0.1) is 5.82 Å². The highest BCUT2D eigenvalue weighted by molar-refractivity contribution is 7.98. The summed E-state index contributed by atoms with van der Waals surface area (Å²) in [5.74, 6) is 0.470. The van der Waals surface area contributed by atoms with Crippen molar-refractivity contribution in [2.75, 3.05) is 6.61 Å². The summed E-state index contributed by atoms with van der Waals surface area (Å²) in [7, 11) is 0. The van der Waals surface area contributed by atoms with Crippen LogP contribution in [0.15, 0.2) is 53.7 Å². The van der Waals surface area contributed by atoms with E-state index in [0.717, 1.165) is 11.3 Å². The number of hydrogen-bond donors (Lipinski definition) is 1. The van der Waals surface area contributed by atoms with Crippen molar-refractivity contribution in [3.63, 3.8) is 0 Å². The van der Waals surface area contributed by atoms with Crippen molar-refractivity contribution in [1.82, 2.24) is 35.7 Å². The Hall–Kier alpha value is -3.38. The Morgan fingerprint density at radius 1 is 1.16 bits per heavy atom. The Morgan fingerprint density at radius 3 is 2.78 bits per heavy atom. The fraction of sp³-hybridized carbons (Fsp3) is 0.200. The van der Waals surface area contributed by atoms with Crippen LogP contribution in [-0.2, 0) is 12.3 Å². The topological polar surface area (TPSA) is 108 Å². The number of benzene rings is 2. The van der Waals surface area contributed by atoms with E-state index in [0.29, 0.717) is 28.3 Å². The first-order valence-corrected chi connectivity index (χ1v) is 11.4. The highest BCUT2D eigenvalue weighted by Crippen LogP contribution is 2.28. The number of aromatic nitrogens is 6. The van der Waals surface area contributed by atoms with Crippen molar-refractivity contribution in [3.8, 4) is 11.4 Å². The Labute approximate surface area is 191 Å². The van der Waals surface area contributed by atoms with E-state index in [1.165, 1.54) is 35.2 Å². The van der Waals surface area contributed by atoms with Gasteiger partial charge >= 0.3 is 0 Å². The first-order chi connectivity index (χ1) is 15.6. The molecule has 0 fully saturated rings. The quantitative estimate of drug-likeness (QED) is 0.371. The number of carbonyl (C=O) groups is 1. The largest absolute Gasteiger partial charge is 0.492 e. The predicted octanol–water partition coefficient (Wildman–Crippen LogP) is 3.27. The number of carbonyl (C=O) groups excluding carboxylic acids is 1. The SMILES string of the molecule is CCOc1ccccc1-n1nnnc1SCc1nnc(C(=O)NCc2ccc(F)cc2)s1. The second-order valence-corrected chi connectivity index (χ2v) is 8.38. The molecule has 4 aromatic rings. The number of nitrogens with zero attached hydrogens (tertiary/aromatic N) is 6. The number of ether oxygens (including phenoxy) is 1. The van der Waals surface area contributed by atoms with E-state index in [9.17, 15) is 9.18 Å². The second-order valence-electron chi connectivity index (χ2n) is 6.37. The van der Waals surface area contributed by atoms with Gasteiger partial charge in [0, 0.05) is 6.54 Å². The number of para-hydroxylation sites is 2. The van der Waals surface area contributed by atoms with Gasteiger partial charge in [-0.15, -0.1) is 15.3 Å². The second kappa shape index (κ2) is 10.3. The van der Waals surface area contributed by atoms with Gasteiger partial charge in [0.05, 0.1) is 12.4 Å². The summed E-state index contributed by atoms with van der Waals surface area (Å²) in [5.41, 5.74) is 1.53. The van der Waals surface area contributed by atoms with Crippen molar-refractivity contribution in [2.45, 2.75) is 24.4 Å². The molecule has 0 saturated carbocycles. The first kappa shape index (κ1) is 21.8. The van der Waals surface area contributed by atoms with Crippen LogP contribution in [0.4, 0.5) is 4.39 Å². The van der Waals surface area contributed by atoms with Gasteiger partial charge in [0.15, 0.2) is 0 Å². The van der Waals surface area contributed by atoms with Crippen LogP contribution in [0.5, 0.6) is 5.75 Å². The molecule has 0 bridgehead atoms. The molecule has 164 valence electrons. The van der Waals surface area contributed by atoms with Gasteiger partial charge in [-0.25, -0.2) is 4.39 Å². The minimum Gasteiger partial charge on any atom is -0.492 e. The van der Waals surface area contributed by atoms with Crippen molar-refractivity contribution in [1.29, 1.82) is 0 Å². The maximum atomic E-state index is 13.0. The molecule has 0 spiro atoms. The maximum absolute atomic E-state index is 13.0. The molecule has 2 aromatic heterocycles. The van der Waals surface area contributed by atoms with Crippen molar-refractivity contribution < 1.29 is 13.9 Å². The summed E-state index contributed by atoms with van der Waals surface area (Å²) in [6.45, 7) is 2.71. The molecule has 2 aromatic carbocycles. The van der Waals surface area contributed by atoms with Crippen molar-refractivity contribution in [3.05, 3.63) is 69.9 Å². The third-order valence-electron chi connectivity index (χ3n) is 4.19. The van der Waals surface area contributed by atoms with Crippen LogP contribution in [0.2, 0.25) is 0 Å². The zero-order valence-corrected chi connectivity index (χ0v) is 18.6. The van der Waals surface area contributed by atoms with E-state index < -0.39 is 0 Å². The molecule has 0 atom stereocenters. The number of hydrogen-bond acceptors (Lipinski definition) is 9. The molecule has 9 nitrogen and oxygen atoms in total. The Bertz CT molecular complexity index is 1200. The molecule has 4 rings (SSSR count). The van der Waals surface area contributed by atoms with E-state index in [4.69, 9.17) is 4.74 Å². The predicted molar refractivity (Wildman–Crippen MR) is 117 cm³/mol. The molecule has 1 N–H and O–H groups in total. The highest BCUT2D eigenvalue weighted by atomic mass is 32.2. The molecule has 1 amide bonds. The summed E-state index contributed by atoms with van der Waals surface area (Å²) in [6.07, 6.45) is 0. The lowest BCUT2D eigenvalue weighted by Gasteiger charge is -2.10. The molecule has 0 aliphatic carbocycles. The molecular formula is C20H18FN7O2S2. The lowest BCUT2D eigenvalue weighted by molar-refractivity contribution is 0.0950. The number of nitrogens with one attached hydrogen (secondary N) is 1. The van der Waals surface area contributed by atoms with Crippen LogP contribution in [0.1, 0.15) is 27.3 Å². The van der Waals surface area contributed by atoms with Gasteiger partial charge in [-0.05, 0) is 47.2 Å². The van der Waals surface area contributed by atoms with Crippen LogP contribution in [0.3, 0.4) is 0 Å². The third kappa shape index (κ3) is 5.26. The van der Waals surface area contributed by atoms with Crippen molar-refractivity contribution in [2.24, 2.45) is 0 Å². The number of tetrazole rings is 1. The summed E-state index contributed by atoms with van der Waals surface area (Å²) in [6, 6.07) is 13.4. The minimum absolute atomic E-state index is 0.254. The van der Waals surface area contributed by atoms with Gasteiger partial charge in [0.25, 0.3) is 5.91 Å². The van der Waals surface area contributed by atoms with Gasteiger partial charge < -0.3 is 10.1 Å². The Kier molecular flexibility index (Phi) is 7.02. The number of rotatable bonds is 9. The van der Waals surface area contributed by atoms with Crippen LogP contribution in [-0.4, -0.2) is 42.9 Å². The number of halogens is 1. The van der Waals surface area contributed by atoms with Gasteiger partial charge in [0.2, 0.25) is 10.2 Å². The van der Waals surface area contributed by atoms with Crippen LogP contribution >= 0.6 is 23.1 Å². The molecule has 32 heavy (non-hydrogen) atoms. The third-order valence-corrected chi connectivity index (χ3v) is 6.22. The smallest absolute Gasteiger partial charge is 0.282 e. The first-order valence-electron chi connectivity index (χ1n) is 9.62. The zero-order valence-electron chi connectivity index (χ0n) is 16.9. The highest BCUT2D eigenvalue weighted by Gasteiger charge is 2.16. The zero-order chi connectivity index (χ0) is 22.3. The van der Waals surface area contributed by atoms with E-state index in [-0.39, 0.29) is 23.3 Å². The van der Waals surface area contributed by atoms with E-state index in [1.54, 1.807) is 16.8 Å². The van der Waals surface area contributed by atoms with Gasteiger partial charge in [-0.1, -0.05) is 47.4 Å². The molecule has 2 heterocycles. The molecular weight excluding hydrogens is 453 g/mol. The summed E-state index contributed by atoms with van der Waals surface area (Å²) >= 11 is 2.57. The standard InChI is InChI=1S/C20H18FN7O2S2/c1-2-30-16-6-4-3-5-15(16)28-20(25-26-27-28)31-12-17-23-24-19(32-17)18(29)22-11-13-7-9-14(21)10-8-13/h3-10H,2,11-12H2,1H3,(H,22,29). The molecule has 0 aliphatic heterocycles. The summed E-state index contributed by atoms with van der Waals surface area (Å²) < 4.78 is 20.2. The number of thioether (sulfide) groups is 1. The molecule has 12 heteroatoms. The Balaban J connectivity index is 1.38. The number of amides is 1. The fourth-order valence-electron chi connectivity index (χ4n) is 2.72. The normalized spacial score (nSPS) is 10.8. The van der Waals surface area contributed by atoms with E-state index in [2.05, 4.69) is 31.0 Å². The van der Waals surface area contributed by atoms with E-state index in [1.807, 2.05) is 31.2 Å². The monoisotopic (exact) mass is 471 g/mol. The average molecular weight is 472 g/mol. The molecule has 0 unspecified atom stereocenters. The molecule has 0 aliphatic rings. The average Bonchev–Trinajstić information content (AvgIpc) is 3.47. The Morgan fingerprint density at radius 2 is 1.97 bits per heavy atom. The summed E-state index contributed by atoms with van der Waals surface area (Å²) in [4.78, 5) is 12.3. The summed E-state index contributed by atoms with van der Waals surface area (Å²) in [5, 5.41) is 24.2. The fourth-order valence-corrected chi connectivity index (χ4v) is 4.35. The van der Waals surface area contributed by atoms with Gasteiger partial charge in [0.1, 0.15) is 22.3 Å². The van der Waals surface area contributed by atoms with Crippen LogP contribution < -0.4 is 10.1 Å². The maximum Gasteiger partial charge on any atom is 0.282 e. The lowest BCUT2D eigenvalue weighted by atomic mass is 10.2. The lowest BCUT2D eigenvalue weighted by Crippen LogP contribution is -2.22. The van der Waals surface area contributed by atoms with Gasteiger partial charge in [-0.2, -0.15) is 4.68 Å². The van der Waals surface area contributed by atoms with Crippen LogP contribution in [0.25, 0.3) is 5.69 Å². The molecule has 0 radical (unpaired) electrons. The van der Waals surface area contributed by atoms with Crippen molar-refractivity contribution >= 4 is 29.0 Å².